The fourth-order valence-electron chi connectivity index (χ4n) is 3.47. The highest BCUT2D eigenvalue weighted by atomic mass is 32.1. The highest BCUT2D eigenvalue weighted by Gasteiger charge is 2.20. The zero-order valence-electron chi connectivity index (χ0n) is 14.6. The molecule has 1 atom stereocenters. The summed E-state index contributed by atoms with van der Waals surface area (Å²) >= 11 is 1.81. The van der Waals surface area contributed by atoms with Crippen LogP contribution in [0.5, 0.6) is 0 Å². The second-order valence-electron chi connectivity index (χ2n) is 6.84. The molecule has 4 nitrogen and oxygen atoms in total. The number of nitrogens with one attached hydrogen (secondary N) is 1. The third-order valence-electron chi connectivity index (χ3n) is 4.78. The first-order valence-corrected chi connectivity index (χ1v) is 9.95. The zero-order valence-corrected chi connectivity index (χ0v) is 15.4. The molecule has 1 aromatic carbocycles. The van der Waals surface area contributed by atoms with Gasteiger partial charge in [-0.25, -0.2) is 4.98 Å². The van der Waals surface area contributed by atoms with Gasteiger partial charge in [0.25, 0.3) is 0 Å². The van der Waals surface area contributed by atoms with E-state index < -0.39 is 0 Å². The Kier molecular flexibility index (Phi) is 4.83. The number of hydrogen-bond acceptors (Lipinski definition) is 5. The number of hydrogen-bond donors (Lipinski definition) is 1. The summed E-state index contributed by atoms with van der Waals surface area (Å²) in [6.07, 6.45) is 3.54. The minimum atomic E-state index is 0.707. The number of aromatic nitrogens is 2. The first kappa shape index (κ1) is 16.3. The average Bonchev–Trinajstić information content (AvgIpc) is 3.15. The Hall–Kier alpha value is -2.14. The summed E-state index contributed by atoms with van der Waals surface area (Å²) in [4.78, 5) is 13.5. The predicted molar refractivity (Wildman–Crippen MR) is 107 cm³/mol. The zero-order chi connectivity index (χ0) is 17.1. The largest absolute Gasteiger partial charge is 0.369 e. The standard InChI is InChI=1S/C20H24N4S/c1-15-6-4-12-24(14-15)20-22-18-9-3-2-8-17(18)19(23-20)21-11-10-16-7-5-13-25-16/h2-3,5,7-9,13,15H,4,6,10-12,14H2,1H3,(H,21,22,23). The molecule has 1 aliphatic rings. The molecular formula is C20H24N4S. The van der Waals surface area contributed by atoms with Crippen molar-refractivity contribution >= 4 is 34.0 Å². The third kappa shape index (κ3) is 3.76. The van der Waals surface area contributed by atoms with Crippen molar-refractivity contribution in [1.29, 1.82) is 0 Å². The number of thiophene rings is 1. The van der Waals surface area contributed by atoms with Crippen LogP contribution in [0.15, 0.2) is 41.8 Å². The molecule has 3 heterocycles. The second-order valence-corrected chi connectivity index (χ2v) is 7.87. The summed E-state index contributed by atoms with van der Waals surface area (Å²) in [5.74, 6) is 2.53. The smallest absolute Gasteiger partial charge is 0.227 e. The molecule has 1 aliphatic heterocycles. The number of anilines is 2. The Morgan fingerprint density at radius 2 is 2.12 bits per heavy atom. The molecule has 5 heteroatoms. The summed E-state index contributed by atoms with van der Waals surface area (Å²) < 4.78 is 0. The monoisotopic (exact) mass is 352 g/mol. The van der Waals surface area contributed by atoms with E-state index in [1.54, 1.807) is 11.3 Å². The van der Waals surface area contributed by atoms with E-state index in [2.05, 4.69) is 52.9 Å². The van der Waals surface area contributed by atoms with Crippen LogP contribution < -0.4 is 10.2 Å². The molecule has 0 saturated carbocycles. The van der Waals surface area contributed by atoms with E-state index in [0.29, 0.717) is 5.92 Å². The molecule has 2 aromatic heterocycles. The van der Waals surface area contributed by atoms with Crippen LogP contribution in [0.2, 0.25) is 0 Å². The topological polar surface area (TPSA) is 41.1 Å². The van der Waals surface area contributed by atoms with Crippen LogP contribution in [-0.4, -0.2) is 29.6 Å². The van der Waals surface area contributed by atoms with Gasteiger partial charge >= 0.3 is 0 Å². The van der Waals surface area contributed by atoms with Crippen LogP contribution >= 0.6 is 11.3 Å². The van der Waals surface area contributed by atoms with E-state index in [1.165, 1.54) is 17.7 Å². The summed E-state index contributed by atoms with van der Waals surface area (Å²) in [7, 11) is 0. The Morgan fingerprint density at radius 1 is 1.20 bits per heavy atom. The summed E-state index contributed by atoms with van der Waals surface area (Å²) in [5.41, 5.74) is 1.02. The van der Waals surface area contributed by atoms with Crippen molar-refractivity contribution in [3.05, 3.63) is 46.7 Å². The van der Waals surface area contributed by atoms with Crippen molar-refractivity contribution in [2.75, 3.05) is 29.9 Å². The molecule has 4 rings (SSSR count). The van der Waals surface area contributed by atoms with Gasteiger partial charge in [0.05, 0.1) is 5.52 Å². The van der Waals surface area contributed by atoms with Crippen LogP contribution in [0, 0.1) is 5.92 Å². The van der Waals surface area contributed by atoms with Crippen molar-refractivity contribution in [3.63, 3.8) is 0 Å². The van der Waals surface area contributed by atoms with Gasteiger partial charge in [-0.1, -0.05) is 25.1 Å². The van der Waals surface area contributed by atoms with Crippen LogP contribution in [0.4, 0.5) is 11.8 Å². The second kappa shape index (κ2) is 7.40. The van der Waals surface area contributed by atoms with E-state index in [4.69, 9.17) is 9.97 Å². The van der Waals surface area contributed by atoms with E-state index in [9.17, 15) is 0 Å². The van der Waals surface area contributed by atoms with Gasteiger partial charge in [-0.05, 0) is 48.8 Å². The molecule has 130 valence electrons. The molecule has 3 aromatic rings. The van der Waals surface area contributed by atoms with Gasteiger partial charge in [0.15, 0.2) is 0 Å². The molecule has 1 saturated heterocycles. The molecule has 0 amide bonds. The molecule has 0 bridgehead atoms. The molecule has 0 radical (unpaired) electrons. The normalized spacial score (nSPS) is 17.8. The highest BCUT2D eigenvalue weighted by Crippen LogP contribution is 2.26. The van der Waals surface area contributed by atoms with Crippen molar-refractivity contribution in [3.8, 4) is 0 Å². The number of fused-ring (bicyclic) bond motifs is 1. The molecule has 1 N–H and O–H groups in total. The van der Waals surface area contributed by atoms with Crippen LogP contribution in [0.1, 0.15) is 24.6 Å². The molecule has 0 aliphatic carbocycles. The highest BCUT2D eigenvalue weighted by molar-refractivity contribution is 7.09. The number of rotatable bonds is 5. The summed E-state index contributed by atoms with van der Waals surface area (Å²) in [6.45, 7) is 5.30. The lowest BCUT2D eigenvalue weighted by molar-refractivity contribution is 0.442. The van der Waals surface area contributed by atoms with E-state index >= 15 is 0 Å². The lowest BCUT2D eigenvalue weighted by atomic mass is 10.0. The lowest BCUT2D eigenvalue weighted by Gasteiger charge is -2.31. The fourth-order valence-corrected chi connectivity index (χ4v) is 4.18. The first-order chi connectivity index (χ1) is 12.3. The van der Waals surface area contributed by atoms with Gasteiger partial charge in [0.2, 0.25) is 5.95 Å². The van der Waals surface area contributed by atoms with Crippen LogP contribution in [0.25, 0.3) is 10.9 Å². The third-order valence-corrected chi connectivity index (χ3v) is 5.71. The quantitative estimate of drug-likeness (QED) is 0.729. The van der Waals surface area contributed by atoms with Crippen LogP contribution in [-0.2, 0) is 6.42 Å². The lowest BCUT2D eigenvalue weighted by Crippen LogP contribution is -2.35. The maximum absolute atomic E-state index is 4.88. The van der Waals surface area contributed by atoms with E-state index in [-0.39, 0.29) is 0 Å². The molecular weight excluding hydrogens is 328 g/mol. The Labute approximate surface area is 152 Å². The molecule has 25 heavy (non-hydrogen) atoms. The van der Waals surface area contributed by atoms with Crippen LogP contribution in [0.3, 0.4) is 0 Å². The molecule has 1 unspecified atom stereocenters. The number of nitrogens with zero attached hydrogens (tertiary/aromatic N) is 3. The Morgan fingerprint density at radius 3 is 2.96 bits per heavy atom. The minimum absolute atomic E-state index is 0.707. The van der Waals surface area contributed by atoms with Crippen molar-refractivity contribution in [2.24, 2.45) is 5.92 Å². The van der Waals surface area contributed by atoms with Gasteiger partial charge in [-0.2, -0.15) is 4.98 Å². The number of para-hydroxylation sites is 1. The van der Waals surface area contributed by atoms with Gasteiger partial charge in [-0.15, -0.1) is 11.3 Å². The van der Waals surface area contributed by atoms with Gasteiger partial charge < -0.3 is 10.2 Å². The van der Waals surface area contributed by atoms with E-state index in [0.717, 1.165) is 48.7 Å². The number of piperidine rings is 1. The fraction of sp³-hybridized carbons (Fsp3) is 0.400. The van der Waals surface area contributed by atoms with Gasteiger partial charge in [-0.3, -0.25) is 0 Å². The van der Waals surface area contributed by atoms with Gasteiger partial charge in [0, 0.05) is 29.9 Å². The maximum Gasteiger partial charge on any atom is 0.227 e. The predicted octanol–water partition coefficient (Wildman–Crippen LogP) is 4.58. The Balaban J connectivity index is 1.59. The Bertz CT molecular complexity index is 831. The van der Waals surface area contributed by atoms with Crippen molar-refractivity contribution < 1.29 is 0 Å². The number of benzene rings is 1. The molecule has 0 spiro atoms. The minimum Gasteiger partial charge on any atom is -0.369 e. The van der Waals surface area contributed by atoms with E-state index in [1.807, 2.05) is 6.07 Å². The van der Waals surface area contributed by atoms with Crippen molar-refractivity contribution in [1.82, 2.24) is 9.97 Å². The van der Waals surface area contributed by atoms with Gasteiger partial charge in [0.1, 0.15) is 5.82 Å². The maximum atomic E-state index is 4.88. The van der Waals surface area contributed by atoms with Crippen molar-refractivity contribution in [2.45, 2.75) is 26.2 Å². The summed E-state index contributed by atoms with van der Waals surface area (Å²) in [6, 6.07) is 12.6. The summed E-state index contributed by atoms with van der Waals surface area (Å²) in [5, 5.41) is 6.78. The molecule has 1 fully saturated rings. The average molecular weight is 353 g/mol. The first-order valence-electron chi connectivity index (χ1n) is 9.07. The SMILES string of the molecule is CC1CCCN(c2nc(NCCc3cccs3)c3ccccc3n2)C1.